The summed E-state index contributed by atoms with van der Waals surface area (Å²) in [5.74, 6) is 0.473. The van der Waals surface area contributed by atoms with Crippen LogP contribution in [-0.4, -0.2) is 47.6 Å². The molecular weight excluding hydrogens is 1620 g/mol. The predicted octanol–water partition coefficient (Wildman–Crippen LogP) is 18.7. The molecule has 0 saturated carbocycles. The first-order valence-electron chi connectivity index (χ1n) is 28.2. The Hall–Kier alpha value is -7.13. The molecule has 0 aliphatic heterocycles. The summed E-state index contributed by atoms with van der Waals surface area (Å²) in [6, 6.07) is 59.0. The van der Waals surface area contributed by atoms with Gasteiger partial charge in [-0.15, -0.1) is 106 Å². The fourth-order valence-corrected chi connectivity index (χ4v) is 9.05. The van der Waals surface area contributed by atoms with E-state index in [0.717, 1.165) is 75.2 Å². The summed E-state index contributed by atoms with van der Waals surface area (Å²) in [6.07, 6.45) is 8.73. The third kappa shape index (κ3) is 29.0. The SMILES string of the molecule is CC(=O)C=C(C)O.CC(=O)C=C(C)O.CC(=O)C=C(C)O.CCCc1ccc2ccc(-c3[c-]c(C)cc(C)c3)nc2c1.Cc1[c-]c(-c2ccc3ccc(CC(C)C)cc3n2)cc(C)c1.Cc1ccc(-c2ccnc(-c3[c-]cccc3)c2)c(C)c1.[Ir].[Ir].[Ir]. The van der Waals surface area contributed by atoms with Crippen LogP contribution < -0.4 is 0 Å². The zero-order valence-corrected chi connectivity index (χ0v) is 59.9. The van der Waals surface area contributed by atoms with E-state index in [2.05, 4.69) is 201 Å². The number of aromatic nitrogens is 3. The smallest absolute Gasteiger partial charge is 0.155 e. The number of carbonyl (C=O) groups is 3. The van der Waals surface area contributed by atoms with Crippen LogP contribution in [0, 0.1) is 65.7 Å². The van der Waals surface area contributed by atoms with Crippen molar-refractivity contribution >= 4 is 39.2 Å². The van der Waals surface area contributed by atoms with E-state index in [4.69, 9.17) is 25.3 Å². The van der Waals surface area contributed by atoms with Crippen LogP contribution in [0.15, 0.2) is 181 Å². The molecule has 3 heterocycles. The van der Waals surface area contributed by atoms with Crippen molar-refractivity contribution in [1.29, 1.82) is 0 Å². The Balaban J connectivity index is 0.000000553. The van der Waals surface area contributed by atoms with Crippen molar-refractivity contribution in [2.75, 3.05) is 0 Å². The number of ketones is 3. The van der Waals surface area contributed by atoms with E-state index in [-0.39, 0.29) is 94.9 Å². The van der Waals surface area contributed by atoms with Gasteiger partial charge in [0.25, 0.3) is 0 Å². The van der Waals surface area contributed by atoms with Gasteiger partial charge in [-0.1, -0.05) is 133 Å². The van der Waals surface area contributed by atoms with Crippen LogP contribution in [0.25, 0.3) is 66.7 Å². The number of hydrogen-bond acceptors (Lipinski definition) is 9. The predicted molar refractivity (Wildman–Crippen MR) is 348 cm³/mol. The van der Waals surface area contributed by atoms with Crippen LogP contribution in [0.5, 0.6) is 0 Å². The molecule has 3 N–H and O–H groups in total. The molecule has 87 heavy (non-hydrogen) atoms. The van der Waals surface area contributed by atoms with Gasteiger partial charge in [0.2, 0.25) is 0 Å². The van der Waals surface area contributed by atoms with Crippen molar-refractivity contribution in [2.45, 2.75) is 123 Å². The molecule has 0 spiro atoms. The first kappa shape index (κ1) is 77.9. The number of allylic oxidation sites excluding steroid dienone is 6. The largest absolute Gasteiger partial charge is 0.512 e. The Bertz CT molecular complexity index is 3660. The maximum Gasteiger partial charge on any atom is 0.155 e. The molecule has 9 aromatic rings. The average molecular weight is 1700 g/mol. The summed E-state index contributed by atoms with van der Waals surface area (Å²) >= 11 is 0. The zero-order valence-electron chi connectivity index (χ0n) is 52.7. The number of aryl methyl sites for hydroxylation is 7. The Labute approximate surface area is 557 Å². The van der Waals surface area contributed by atoms with Crippen molar-refractivity contribution < 1.29 is 90.0 Å². The van der Waals surface area contributed by atoms with Gasteiger partial charge in [-0.25, -0.2) is 0 Å². The van der Waals surface area contributed by atoms with Crippen LogP contribution in [0.1, 0.15) is 113 Å². The van der Waals surface area contributed by atoms with Gasteiger partial charge in [-0.05, 0) is 148 Å². The van der Waals surface area contributed by atoms with Gasteiger partial charge in [0, 0.05) is 84.7 Å². The standard InChI is InChI=1S/C21H22N.C20H20N.C19H16N.3C5H8O2.3Ir/c1-14(2)9-17-5-6-18-7-8-20(22-21(18)13-17)19-11-15(3)10-16(4)12-19;1-4-5-16-6-7-17-8-9-19(21-20(17)13-16)18-11-14(2)10-15(3)12-18;1-14-8-9-18(15(2)12-14)17-10-11-20-19(13-17)16-6-4-3-5-7-16;3*1-4(6)3-5(2)7;;;/h5-8,10-11,13-14H,9H2,1-4H3;6-11,13H,4-5H2,1-3H3;3-6,8-13H,1-2H3;3*3,6H,1-2H3;;;/q3*-1;;;;;;. The molecule has 0 bridgehead atoms. The molecule has 0 saturated heterocycles. The molecule has 0 amide bonds. The number of aliphatic hydroxyl groups excluding tert-OH is 3. The van der Waals surface area contributed by atoms with Gasteiger partial charge in [-0.2, -0.15) is 0 Å². The Morgan fingerprint density at radius 1 is 0.506 bits per heavy atom. The molecule has 3 aromatic heterocycles. The third-order valence-corrected chi connectivity index (χ3v) is 12.2. The van der Waals surface area contributed by atoms with Crippen molar-refractivity contribution in [2.24, 2.45) is 5.92 Å². The molecule has 0 aliphatic rings. The van der Waals surface area contributed by atoms with Crippen molar-refractivity contribution in [3.63, 3.8) is 0 Å². The molecule has 0 unspecified atom stereocenters. The van der Waals surface area contributed by atoms with Gasteiger partial charge in [-0.3, -0.25) is 24.4 Å². The van der Waals surface area contributed by atoms with Crippen LogP contribution in [0.3, 0.4) is 0 Å². The Morgan fingerprint density at radius 2 is 0.977 bits per heavy atom. The molecular formula is C75H82Ir3N3O6-3. The van der Waals surface area contributed by atoms with Crippen LogP contribution in [-0.2, 0) is 87.5 Å². The topological polar surface area (TPSA) is 151 Å². The molecule has 0 atom stereocenters. The number of hydrogen-bond donors (Lipinski definition) is 3. The fourth-order valence-electron chi connectivity index (χ4n) is 9.05. The minimum Gasteiger partial charge on any atom is -0.512 e. The average Bonchev–Trinajstić information content (AvgIpc) is 1.45. The van der Waals surface area contributed by atoms with E-state index in [1.54, 1.807) is 0 Å². The number of nitrogens with zero attached hydrogens (tertiary/aromatic N) is 3. The summed E-state index contributed by atoms with van der Waals surface area (Å²) in [5.41, 5.74) is 20.9. The molecule has 0 fully saturated rings. The third-order valence-electron chi connectivity index (χ3n) is 12.2. The second kappa shape index (κ2) is 39.6. The van der Waals surface area contributed by atoms with E-state index in [1.165, 1.54) is 115 Å². The molecule has 3 radical (unpaired) electrons. The normalized spacial score (nSPS) is 10.7. The van der Waals surface area contributed by atoms with Gasteiger partial charge >= 0.3 is 0 Å². The number of carbonyl (C=O) groups excluding carboxylic acids is 3. The fraction of sp³-hybridized carbons (Fsp3) is 0.253. The summed E-state index contributed by atoms with van der Waals surface area (Å²) < 4.78 is 0. The summed E-state index contributed by atoms with van der Waals surface area (Å²) in [4.78, 5) is 44.2. The van der Waals surface area contributed by atoms with Crippen LogP contribution >= 0.6 is 0 Å². The van der Waals surface area contributed by atoms with Crippen LogP contribution in [0.4, 0.5) is 0 Å². The van der Waals surface area contributed by atoms with E-state index in [0.29, 0.717) is 5.92 Å². The second-order valence-corrected chi connectivity index (χ2v) is 21.5. The quantitative estimate of drug-likeness (QED) is 0.0653. The van der Waals surface area contributed by atoms with E-state index >= 15 is 0 Å². The van der Waals surface area contributed by atoms with Gasteiger partial charge < -0.3 is 20.3 Å². The second-order valence-electron chi connectivity index (χ2n) is 21.5. The maximum absolute atomic E-state index is 10.0. The number of rotatable bonds is 11. The number of pyridine rings is 3. The van der Waals surface area contributed by atoms with Crippen molar-refractivity contribution in [3.05, 3.63) is 244 Å². The number of fused-ring (bicyclic) bond motifs is 2. The summed E-state index contributed by atoms with van der Waals surface area (Å²) in [6.45, 7) is 27.9. The summed E-state index contributed by atoms with van der Waals surface area (Å²) in [7, 11) is 0. The molecule has 463 valence electrons. The van der Waals surface area contributed by atoms with Gasteiger partial charge in [0.15, 0.2) is 17.3 Å². The van der Waals surface area contributed by atoms with Crippen molar-refractivity contribution in [3.8, 4) is 44.9 Å². The molecule has 6 aromatic carbocycles. The first-order chi connectivity index (χ1) is 39.8. The van der Waals surface area contributed by atoms with Crippen molar-refractivity contribution in [1.82, 2.24) is 15.0 Å². The Kier molecular flexibility index (Phi) is 35.5. The monoisotopic (exact) mass is 1700 g/mol. The molecule has 12 heteroatoms. The van der Waals surface area contributed by atoms with E-state index in [1.807, 2.05) is 30.5 Å². The van der Waals surface area contributed by atoms with E-state index in [9.17, 15) is 14.4 Å². The van der Waals surface area contributed by atoms with Crippen LogP contribution in [0.2, 0.25) is 0 Å². The first-order valence-corrected chi connectivity index (χ1v) is 28.2. The maximum atomic E-state index is 10.0. The summed E-state index contributed by atoms with van der Waals surface area (Å²) in [5, 5.41) is 27.5. The number of benzene rings is 6. The van der Waals surface area contributed by atoms with Gasteiger partial charge in [0.1, 0.15) is 0 Å². The minimum absolute atomic E-state index is 0. The van der Waals surface area contributed by atoms with E-state index < -0.39 is 0 Å². The molecule has 9 rings (SSSR count). The molecule has 9 nitrogen and oxygen atoms in total. The molecule has 0 aliphatic carbocycles. The van der Waals surface area contributed by atoms with Gasteiger partial charge in [0.05, 0.1) is 28.3 Å². The number of aliphatic hydroxyl groups is 3. The zero-order chi connectivity index (χ0) is 62.0. The Morgan fingerprint density at radius 3 is 1.38 bits per heavy atom. The minimum atomic E-state index is -0.125.